The second kappa shape index (κ2) is 4.50. The molecular formula is C20H16Cl2. The van der Waals surface area contributed by atoms with Crippen molar-refractivity contribution in [1.82, 2.24) is 0 Å². The summed E-state index contributed by atoms with van der Waals surface area (Å²) < 4.78 is 0. The first-order chi connectivity index (χ1) is 10.4. The number of hydrogen-bond donors (Lipinski definition) is 0. The quantitative estimate of drug-likeness (QED) is 0.325. The second-order valence-electron chi connectivity index (χ2n) is 6.30. The van der Waals surface area contributed by atoms with Crippen LogP contribution < -0.4 is 0 Å². The van der Waals surface area contributed by atoms with E-state index in [1.54, 1.807) is 0 Å². The van der Waals surface area contributed by atoms with Gasteiger partial charge in [0.25, 0.3) is 0 Å². The summed E-state index contributed by atoms with van der Waals surface area (Å²) in [4.78, 5) is 0. The lowest BCUT2D eigenvalue weighted by molar-refractivity contribution is 1.39. The minimum Gasteiger partial charge on any atom is -0.0836 e. The van der Waals surface area contributed by atoms with Crippen molar-refractivity contribution in [2.75, 3.05) is 0 Å². The van der Waals surface area contributed by atoms with Crippen LogP contribution in [0.2, 0.25) is 10.0 Å². The predicted octanol–water partition coefficient (Wildman–Crippen LogP) is 7.03. The van der Waals surface area contributed by atoms with Crippen LogP contribution in [0.3, 0.4) is 0 Å². The standard InChI is InChI=1S/C20H16Cl2/c1-9-5-6-10(2)16-15(9)17-11(3)7-13(21)19-14(22)8-12(4)18(16)20(17)19/h5-8H,1-4H3. The number of benzene rings is 3. The first kappa shape index (κ1) is 14.1. The largest absolute Gasteiger partial charge is 0.0836 e. The number of rotatable bonds is 0. The van der Waals surface area contributed by atoms with Gasteiger partial charge < -0.3 is 0 Å². The van der Waals surface area contributed by atoms with E-state index in [0.717, 1.165) is 15.4 Å². The molecule has 4 rings (SSSR count). The molecule has 0 aromatic heterocycles. The number of halogens is 2. The minimum atomic E-state index is 0.741. The van der Waals surface area contributed by atoms with Gasteiger partial charge >= 0.3 is 0 Å². The predicted molar refractivity (Wildman–Crippen MR) is 97.3 cm³/mol. The summed E-state index contributed by atoms with van der Waals surface area (Å²) in [6.07, 6.45) is 0. The molecule has 0 unspecified atom stereocenters. The number of aryl methyl sites for hydroxylation is 4. The van der Waals surface area contributed by atoms with E-state index in [-0.39, 0.29) is 0 Å². The maximum absolute atomic E-state index is 6.53. The first-order valence-electron chi connectivity index (χ1n) is 7.44. The lowest BCUT2D eigenvalue weighted by atomic mass is 9.93. The molecule has 3 aromatic carbocycles. The molecule has 0 fully saturated rings. The fraction of sp³-hybridized carbons (Fsp3) is 0.200. The molecule has 22 heavy (non-hydrogen) atoms. The molecule has 0 saturated carbocycles. The molecule has 1 aliphatic rings. The summed E-state index contributed by atoms with van der Waals surface area (Å²) in [5, 5.41) is 3.69. The average molecular weight is 327 g/mol. The minimum absolute atomic E-state index is 0.741. The van der Waals surface area contributed by atoms with Crippen LogP contribution in [0.1, 0.15) is 22.3 Å². The normalized spacial score (nSPS) is 12.1. The van der Waals surface area contributed by atoms with E-state index in [0.29, 0.717) is 0 Å². The van der Waals surface area contributed by atoms with Gasteiger partial charge in [-0.2, -0.15) is 0 Å². The lowest BCUT2D eigenvalue weighted by Gasteiger charge is -2.12. The number of hydrogen-bond acceptors (Lipinski definition) is 0. The van der Waals surface area contributed by atoms with E-state index in [9.17, 15) is 0 Å². The van der Waals surface area contributed by atoms with Crippen LogP contribution in [-0.2, 0) is 0 Å². The highest BCUT2D eigenvalue weighted by molar-refractivity contribution is 6.44. The summed E-state index contributed by atoms with van der Waals surface area (Å²) in [5.41, 5.74) is 10.3. The molecule has 0 aliphatic heterocycles. The zero-order valence-corrected chi connectivity index (χ0v) is 14.6. The molecule has 0 heterocycles. The highest BCUT2D eigenvalue weighted by Crippen LogP contribution is 2.55. The molecule has 110 valence electrons. The van der Waals surface area contributed by atoms with Crippen molar-refractivity contribution in [1.29, 1.82) is 0 Å². The summed E-state index contributed by atoms with van der Waals surface area (Å²) >= 11 is 13.1. The van der Waals surface area contributed by atoms with E-state index in [1.807, 2.05) is 12.1 Å². The summed E-state index contributed by atoms with van der Waals surface area (Å²) in [6.45, 7) is 8.64. The highest BCUT2D eigenvalue weighted by Gasteiger charge is 2.29. The Labute approximate surface area is 140 Å². The van der Waals surface area contributed by atoms with Crippen molar-refractivity contribution in [3.63, 3.8) is 0 Å². The average Bonchev–Trinajstić information content (AvgIpc) is 2.80. The highest BCUT2D eigenvalue weighted by atomic mass is 35.5. The molecule has 0 spiro atoms. The van der Waals surface area contributed by atoms with Crippen LogP contribution in [0, 0.1) is 27.7 Å². The third kappa shape index (κ3) is 1.60. The van der Waals surface area contributed by atoms with Crippen molar-refractivity contribution in [3.05, 3.63) is 56.6 Å². The van der Waals surface area contributed by atoms with E-state index in [2.05, 4.69) is 39.8 Å². The van der Waals surface area contributed by atoms with E-state index >= 15 is 0 Å². The van der Waals surface area contributed by atoms with Gasteiger partial charge in [-0.15, -0.1) is 0 Å². The van der Waals surface area contributed by atoms with Crippen LogP contribution in [0.15, 0.2) is 24.3 Å². The Hall–Kier alpha value is -1.50. The van der Waals surface area contributed by atoms with Crippen LogP contribution in [-0.4, -0.2) is 0 Å². The molecule has 0 saturated heterocycles. The van der Waals surface area contributed by atoms with Crippen LogP contribution in [0.4, 0.5) is 0 Å². The smallest absolute Gasteiger partial charge is 0.0502 e. The van der Waals surface area contributed by atoms with Crippen molar-refractivity contribution in [2.24, 2.45) is 0 Å². The van der Waals surface area contributed by atoms with Crippen LogP contribution >= 0.6 is 23.2 Å². The van der Waals surface area contributed by atoms with Crippen molar-refractivity contribution in [2.45, 2.75) is 27.7 Å². The monoisotopic (exact) mass is 326 g/mol. The Bertz CT molecular complexity index is 906. The third-order valence-corrected chi connectivity index (χ3v) is 5.42. The van der Waals surface area contributed by atoms with Crippen molar-refractivity contribution >= 4 is 34.0 Å². The molecule has 0 amide bonds. The Balaban J connectivity index is 2.39. The van der Waals surface area contributed by atoms with E-state index in [1.165, 1.54) is 49.9 Å². The molecule has 1 aliphatic carbocycles. The van der Waals surface area contributed by atoms with E-state index in [4.69, 9.17) is 23.2 Å². The molecular weight excluding hydrogens is 311 g/mol. The first-order valence-corrected chi connectivity index (χ1v) is 8.20. The Kier molecular flexibility index (Phi) is 2.89. The van der Waals surface area contributed by atoms with E-state index < -0.39 is 0 Å². The van der Waals surface area contributed by atoms with Gasteiger partial charge in [0.2, 0.25) is 0 Å². The van der Waals surface area contributed by atoms with Gasteiger partial charge in [0, 0.05) is 10.8 Å². The lowest BCUT2D eigenvalue weighted by Crippen LogP contribution is -1.88. The van der Waals surface area contributed by atoms with Crippen LogP contribution in [0.5, 0.6) is 0 Å². The molecule has 2 heteroatoms. The zero-order valence-electron chi connectivity index (χ0n) is 13.1. The summed E-state index contributed by atoms with van der Waals surface area (Å²) in [5.74, 6) is 0. The van der Waals surface area contributed by atoms with Gasteiger partial charge in [-0.05, 0) is 84.3 Å². The second-order valence-corrected chi connectivity index (χ2v) is 7.11. The molecule has 0 atom stereocenters. The Morgan fingerprint density at radius 2 is 0.955 bits per heavy atom. The molecule has 0 nitrogen and oxygen atoms in total. The molecule has 0 bridgehead atoms. The molecule has 3 aromatic rings. The maximum Gasteiger partial charge on any atom is 0.0502 e. The Morgan fingerprint density at radius 1 is 0.545 bits per heavy atom. The molecule has 0 radical (unpaired) electrons. The van der Waals surface area contributed by atoms with Gasteiger partial charge in [-0.25, -0.2) is 0 Å². The van der Waals surface area contributed by atoms with Gasteiger partial charge in [0.1, 0.15) is 0 Å². The fourth-order valence-electron chi connectivity index (χ4n) is 3.89. The fourth-order valence-corrected chi connectivity index (χ4v) is 4.66. The van der Waals surface area contributed by atoms with Crippen LogP contribution in [0.25, 0.3) is 33.0 Å². The van der Waals surface area contributed by atoms with Gasteiger partial charge in [-0.3, -0.25) is 0 Å². The maximum atomic E-state index is 6.53. The SMILES string of the molecule is Cc1ccc(C)c2c1-c1c(C)cc(Cl)c3c(Cl)cc(C)c-2c13. The summed E-state index contributed by atoms with van der Waals surface area (Å²) in [6, 6.07) is 8.50. The topological polar surface area (TPSA) is 0 Å². The molecule has 0 N–H and O–H groups in total. The van der Waals surface area contributed by atoms with Gasteiger partial charge in [-0.1, -0.05) is 35.3 Å². The summed E-state index contributed by atoms with van der Waals surface area (Å²) in [7, 11) is 0. The van der Waals surface area contributed by atoms with Crippen molar-refractivity contribution < 1.29 is 0 Å². The van der Waals surface area contributed by atoms with Crippen molar-refractivity contribution in [3.8, 4) is 22.3 Å². The van der Waals surface area contributed by atoms with Gasteiger partial charge in [0.15, 0.2) is 0 Å². The Morgan fingerprint density at radius 3 is 1.36 bits per heavy atom. The van der Waals surface area contributed by atoms with Gasteiger partial charge in [0.05, 0.1) is 10.0 Å². The zero-order chi connectivity index (χ0) is 15.8. The third-order valence-electron chi connectivity index (χ3n) is 4.82. The number of fused-ring (bicyclic) bond motifs is 3.